The van der Waals surface area contributed by atoms with Crippen molar-refractivity contribution in [2.24, 2.45) is 0 Å². The molecule has 1 aromatic heterocycles. The predicted molar refractivity (Wildman–Crippen MR) is 132 cm³/mol. The van der Waals surface area contributed by atoms with Crippen molar-refractivity contribution in [1.82, 2.24) is 14.7 Å². The molecule has 8 heteroatoms. The summed E-state index contributed by atoms with van der Waals surface area (Å²) in [5.74, 6) is 0.952. The summed E-state index contributed by atoms with van der Waals surface area (Å²) >= 11 is 0. The number of hydrogen-bond acceptors (Lipinski definition) is 5. The van der Waals surface area contributed by atoms with E-state index in [2.05, 4.69) is 0 Å². The third kappa shape index (κ3) is 5.42. The van der Waals surface area contributed by atoms with E-state index in [-0.39, 0.29) is 17.8 Å². The fraction of sp³-hybridized carbons (Fsp3) is 0.407. The van der Waals surface area contributed by atoms with Crippen LogP contribution >= 0.6 is 0 Å². The van der Waals surface area contributed by atoms with Crippen LogP contribution in [0.1, 0.15) is 45.2 Å². The molecule has 3 aromatic rings. The molecule has 1 aliphatic rings. The lowest BCUT2D eigenvalue weighted by Gasteiger charge is -2.32. The monoisotopic (exact) mass is 481 g/mol. The lowest BCUT2D eigenvalue weighted by Crippen LogP contribution is -2.41. The SMILES string of the molecule is COc1ccc(-c2c(F)c(C3CCN(C(=O)OC(C)(C)C)CC3)nn2-c2ccc(OC)cc2)cc1. The number of hydrogen-bond donors (Lipinski definition) is 0. The number of ether oxygens (including phenoxy) is 3. The first-order valence-corrected chi connectivity index (χ1v) is 11.8. The Morgan fingerprint density at radius 1 is 0.943 bits per heavy atom. The third-order valence-corrected chi connectivity index (χ3v) is 6.07. The summed E-state index contributed by atoms with van der Waals surface area (Å²) in [4.78, 5) is 14.1. The second-order valence-corrected chi connectivity index (χ2v) is 9.63. The van der Waals surface area contributed by atoms with Crippen molar-refractivity contribution < 1.29 is 23.4 Å². The molecule has 0 spiro atoms. The number of amides is 1. The lowest BCUT2D eigenvalue weighted by molar-refractivity contribution is 0.0203. The maximum atomic E-state index is 16.0. The molecule has 0 aliphatic carbocycles. The number of carbonyl (C=O) groups is 1. The van der Waals surface area contributed by atoms with Crippen LogP contribution in [-0.2, 0) is 4.74 Å². The van der Waals surface area contributed by atoms with E-state index in [0.717, 1.165) is 5.69 Å². The maximum absolute atomic E-state index is 16.0. The van der Waals surface area contributed by atoms with Crippen LogP contribution in [0.15, 0.2) is 48.5 Å². The minimum atomic E-state index is -0.551. The number of halogens is 1. The largest absolute Gasteiger partial charge is 0.497 e. The van der Waals surface area contributed by atoms with Crippen molar-refractivity contribution >= 4 is 6.09 Å². The van der Waals surface area contributed by atoms with Crippen LogP contribution in [0.3, 0.4) is 0 Å². The highest BCUT2D eigenvalue weighted by Gasteiger charge is 2.32. The van der Waals surface area contributed by atoms with Crippen LogP contribution in [0.2, 0.25) is 0 Å². The van der Waals surface area contributed by atoms with Gasteiger partial charge in [-0.05, 0) is 82.1 Å². The van der Waals surface area contributed by atoms with Gasteiger partial charge < -0.3 is 19.1 Å². The Balaban J connectivity index is 1.65. The number of aromatic nitrogens is 2. The minimum absolute atomic E-state index is 0.106. The fourth-order valence-electron chi connectivity index (χ4n) is 4.25. The smallest absolute Gasteiger partial charge is 0.410 e. The number of benzene rings is 2. The summed E-state index contributed by atoms with van der Waals surface area (Å²) in [5.41, 5.74) is 1.68. The molecule has 186 valence electrons. The Kier molecular flexibility index (Phi) is 7.00. The van der Waals surface area contributed by atoms with Gasteiger partial charge in [0.05, 0.1) is 19.9 Å². The van der Waals surface area contributed by atoms with Crippen molar-refractivity contribution in [2.45, 2.75) is 45.1 Å². The highest BCUT2D eigenvalue weighted by molar-refractivity contribution is 5.68. The van der Waals surface area contributed by atoms with Gasteiger partial charge in [-0.15, -0.1) is 0 Å². The molecule has 0 bridgehead atoms. The van der Waals surface area contributed by atoms with Gasteiger partial charge in [-0.3, -0.25) is 0 Å². The molecule has 35 heavy (non-hydrogen) atoms. The van der Waals surface area contributed by atoms with Crippen LogP contribution < -0.4 is 9.47 Å². The minimum Gasteiger partial charge on any atom is -0.497 e. The Morgan fingerprint density at radius 2 is 1.49 bits per heavy atom. The highest BCUT2D eigenvalue weighted by Crippen LogP contribution is 2.36. The number of carbonyl (C=O) groups excluding carboxylic acids is 1. The predicted octanol–water partition coefficient (Wildman–Crippen LogP) is 5.81. The van der Waals surface area contributed by atoms with Gasteiger partial charge in [-0.2, -0.15) is 5.10 Å². The van der Waals surface area contributed by atoms with Crippen LogP contribution in [0, 0.1) is 5.82 Å². The Hall–Kier alpha value is -3.55. The first kappa shape index (κ1) is 24.6. The summed E-state index contributed by atoms with van der Waals surface area (Å²) in [7, 11) is 3.20. The summed E-state index contributed by atoms with van der Waals surface area (Å²) in [6.07, 6.45) is 0.884. The molecule has 2 heterocycles. The molecular formula is C27H32FN3O4. The van der Waals surface area contributed by atoms with Crippen molar-refractivity contribution in [3.05, 3.63) is 60.0 Å². The van der Waals surface area contributed by atoms with Crippen molar-refractivity contribution in [1.29, 1.82) is 0 Å². The standard InChI is InChI=1S/C27H32FN3O4/c1-27(2,3)35-26(32)30-16-14-18(15-17-30)24-23(28)25(19-6-10-21(33-4)11-7-19)31(29-24)20-8-12-22(34-5)13-9-20/h6-13,18H,14-17H2,1-5H3. The van der Waals surface area contributed by atoms with Gasteiger partial charge >= 0.3 is 6.09 Å². The zero-order valence-electron chi connectivity index (χ0n) is 20.9. The van der Waals surface area contributed by atoms with E-state index < -0.39 is 5.60 Å². The Bertz CT molecular complexity index is 1160. The van der Waals surface area contributed by atoms with E-state index in [1.807, 2.05) is 57.2 Å². The van der Waals surface area contributed by atoms with Gasteiger partial charge in [0.2, 0.25) is 0 Å². The van der Waals surface area contributed by atoms with Gasteiger partial charge in [0.15, 0.2) is 5.82 Å². The molecular weight excluding hydrogens is 449 g/mol. The third-order valence-electron chi connectivity index (χ3n) is 6.07. The summed E-state index contributed by atoms with van der Waals surface area (Å²) in [5, 5.41) is 4.74. The molecule has 0 atom stereocenters. The van der Waals surface area contributed by atoms with Crippen molar-refractivity contribution in [3.8, 4) is 28.4 Å². The summed E-state index contributed by atoms with van der Waals surface area (Å²) in [6.45, 7) is 6.52. The quantitative estimate of drug-likeness (QED) is 0.460. The molecule has 0 N–H and O–H groups in total. The normalized spacial score (nSPS) is 14.6. The number of rotatable bonds is 5. The molecule has 1 aliphatic heterocycles. The van der Waals surface area contributed by atoms with Gasteiger partial charge in [0.1, 0.15) is 28.5 Å². The molecule has 4 rings (SSSR count). The van der Waals surface area contributed by atoms with Crippen molar-refractivity contribution in [3.63, 3.8) is 0 Å². The van der Waals surface area contributed by atoms with Crippen molar-refractivity contribution in [2.75, 3.05) is 27.3 Å². The number of likely N-dealkylation sites (tertiary alicyclic amines) is 1. The molecule has 1 amide bonds. The molecule has 0 saturated carbocycles. The van der Waals surface area contributed by atoms with E-state index in [0.29, 0.717) is 54.4 Å². The average Bonchev–Trinajstić information content (AvgIpc) is 3.20. The van der Waals surface area contributed by atoms with Gasteiger partial charge in [0.25, 0.3) is 0 Å². The number of methoxy groups -OCH3 is 2. The highest BCUT2D eigenvalue weighted by atomic mass is 19.1. The van der Waals surface area contributed by atoms with E-state index in [1.165, 1.54) is 0 Å². The number of piperidine rings is 1. The maximum Gasteiger partial charge on any atom is 0.410 e. The summed E-state index contributed by atoms with van der Waals surface area (Å²) in [6, 6.07) is 14.6. The lowest BCUT2D eigenvalue weighted by atomic mass is 9.93. The van der Waals surface area contributed by atoms with Crippen LogP contribution in [0.4, 0.5) is 9.18 Å². The first-order valence-electron chi connectivity index (χ1n) is 11.8. The zero-order valence-corrected chi connectivity index (χ0v) is 20.9. The Morgan fingerprint density at radius 3 is 2.00 bits per heavy atom. The molecule has 0 radical (unpaired) electrons. The average molecular weight is 482 g/mol. The molecule has 7 nitrogen and oxygen atoms in total. The molecule has 2 aromatic carbocycles. The van der Waals surface area contributed by atoms with E-state index in [9.17, 15) is 4.79 Å². The first-order chi connectivity index (χ1) is 16.7. The molecule has 0 unspecified atom stereocenters. The second-order valence-electron chi connectivity index (χ2n) is 9.63. The van der Waals surface area contributed by atoms with Crippen LogP contribution in [0.5, 0.6) is 11.5 Å². The Labute approximate surface area is 205 Å². The van der Waals surface area contributed by atoms with Crippen LogP contribution in [-0.4, -0.2) is 53.7 Å². The van der Waals surface area contributed by atoms with E-state index in [1.54, 1.807) is 35.9 Å². The molecule has 1 saturated heterocycles. The van der Waals surface area contributed by atoms with Gasteiger partial charge in [0, 0.05) is 24.6 Å². The van der Waals surface area contributed by atoms with Crippen LogP contribution in [0.25, 0.3) is 16.9 Å². The molecule has 1 fully saturated rings. The second kappa shape index (κ2) is 9.98. The van der Waals surface area contributed by atoms with E-state index >= 15 is 4.39 Å². The van der Waals surface area contributed by atoms with Gasteiger partial charge in [-0.1, -0.05) is 0 Å². The summed E-state index contributed by atoms with van der Waals surface area (Å²) < 4.78 is 33.7. The topological polar surface area (TPSA) is 65.8 Å². The fourth-order valence-corrected chi connectivity index (χ4v) is 4.25. The van der Waals surface area contributed by atoms with Gasteiger partial charge in [-0.25, -0.2) is 13.9 Å². The zero-order chi connectivity index (χ0) is 25.2. The van der Waals surface area contributed by atoms with E-state index in [4.69, 9.17) is 19.3 Å². The number of nitrogens with zero attached hydrogens (tertiary/aromatic N) is 3.